The molecular weight excluding hydrogens is 535 g/mol. The van der Waals surface area contributed by atoms with E-state index in [2.05, 4.69) is 21.3 Å². The van der Waals surface area contributed by atoms with Crippen molar-refractivity contribution in [3.05, 3.63) is 82.9 Å². The molecule has 10 heteroatoms. The van der Waals surface area contributed by atoms with Crippen LogP contribution in [0, 0.1) is 23.1 Å². The van der Waals surface area contributed by atoms with Gasteiger partial charge in [0.05, 0.1) is 46.4 Å². The Morgan fingerprint density at radius 1 is 1.19 bits per heavy atom. The van der Waals surface area contributed by atoms with Crippen molar-refractivity contribution in [2.45, 2.75) is 57.5 Å². The number of imidazole rings is 1. The molecule has 1 N–H and O–H groups in total. The number of ether oxygens (including phenoxy) is 1. The molecule has 2 aliphatic heterocycles. The molecule has 1 saturated carbocycles. The van der Waals surface area contributed by atoms with E-state index in [1.807, 2.05) is 24.3 Å². The molecule has 1 aliphatic carbocycles. The number of aromatic carboxylic acids is 1. The Hall–Kier alpha value is -4.49. The standard InChI is InChI=1S/C32H31FN6O3/c1-32-19-39(28-6-3-7-30(36-28)42-18-23-9-8-21(14-34)12-24(23)33)27(32)16-37(32)17-29-35-25-11-10-22(31(40)41)13-26(25)38(29)15-20-4-2-5-20/h3,6-13,20,27H,2,4-5,15-19H2,1H3,(H,40,41)/t27-,32+/m1/s1. The molecule has 2 atom stereocenters. The number of nitrogens with zero attached hydrogens (tertiary/aromatic N) is 6. The number of anilines is 1. The van der Waals surface area contributed by atoms with Crippen LogP contribution in [0.25, 0.3) is 11.0 Å². The van der Waals surface area contributed by atoms with E-state index in [0.29, 0.717) is 29.9 Å². The molecule has 0 bridgehead atoms. The van der Waals surface area contributed by atoms with Crippen LogP contribution in [-0.2, 0) is 19.7 Å². The van der Waals surface area contributed by atoms with Crippen molar-refractivity contribution in [3.63, 3.8) is 0 Å². The van der Waals surface area contributed by atoms with Gasteiger partial charge in [0, 0.05) is 31.3 Å². The molecule has 214 valence electrons. The first kappa shape index (κ1) is 26.4. The van der Waals surface area contributed by atoms with Crippen molar-refractivity contribution in [2.75, 3.05) is 18.0 Å². The van der Waals surface area contributed by atoms with Crippen LogP contribution < -0.4 is 9.64 Å². The summed E-state index contributed by atoms with van der Waals surface area (Å²) in [5, 5.41) is 18.5. The lowest BCUT2D eigenvalue weighted by molar-refractivity contribution is -0.0825. The first-order valence-corrected chi connectivity index (χ1v) is 14.3. The number of halogens is 1. The number of piperazine rings is 1. The first-order valence-electron chi connectivity index (χ1n) is 14.3. The fourth-order valence-corrected chi connectivity index (χ4v) is 6.44. The third kappa shape index (κ3) is 4.45. The van der Waals surface area contributed by atoms with E-state index in [1.165, 1.54) is 25.3 Å². The molecule has 0 amide bonds. The highest BCUT2D eigenvalue weighted by atomic mass is 19.1. The van der Waals surface area contributed by atoms with Crippen molar-refractivity contribution in [1.82, 2.24) is 19.4 Å². The summed E-state index contributed by atoms with van der Waals surface area (Å²) in [7, 11) is 0. The third-order valence-corrected chi connectivity index (χ3v) is 9.33. The predicted molar refractivity (Wildman–Crippen MR) is 154 cm³/mol. The van der Waals surface area contributed by atoms with E-state index in [0.717, 1.165) is 42.3 Å². The summed E-state index contributed by atoms with van der Waals surface area (Å²) in [6.45, 7) is 5.55. The maximum absolute atomic E-state index is 14.3. The van der Waals surface area contributed by atoms with Gasteiger partial charge >= 0.3 is 5.97 Å². The lowest BCUT2D eigenvalue weighted by atomic mass is 9.72. The van der Waals surface area contributed by atoms with Gasteiger partial charge in [0.15, 0.2) is 0 Å². The zero-order valence-electron chi connectivity index (χ0n) is 23.3. The second kappa shape index (κ2) is 10.1. The van der Waals surface area contributed by atoms with E-state index < -0.39 is 11.8 Å². The summed E-state index contributed by atoms with van der Waals surface area (Å²) >= 11 is 0. The van der Waals surface area contributed by atoms with Crippen LogP contribution in [-0.4, -0.2) is 55.2 Å². The maximum atomic E-state index is 14.3. The average molecular weight is 567 g/mol. The van der Waals surface area contributed by atoms with Crippen LogP contribution in [0.1, 0.15) is 53.5 Å². The van der Waals surface area contributed by atoms with Gasteiger partial charge in [-0.05, 0) is 62.1 Å². The highest BCUT2D eigenvalue weighted by Crippen LogP contribution is 2.46. The Balaban J connectivity index is 1.04. The topological polar surface area (TPSA) is 108 Å². The Morgan fingerprint density at radius 3 is 2.74 bits per heavy atom. The fraction of sp³-hybridized carbons (Fsp3) is 0.375. The molecule has 3 aliphatic rings. The van der Waals surface area contributed by atoms with Crippen LogP contribution in [0.2, 0.25) is 0 Å². The summed E-state index contributed by atoms with van der Waals surface area (Å²) in [6.07, 6.45) is 3.66. The molecule has 42 heavy (non-hydrogen) atoms. The SMILES string of the molecule is C[C@]12CN(c3cccc(OCc4ccc(C#N)cc4F)n3)[C@@H]1CN2Cc1nc2ccc(C(=O)O)cc2n1CC1CCC1. The van der Waals surface area contributed by atoms with Gasteiger partial charge in [-0.1, -0.05) is 18.6 Å². The van der Waals surface area contributed by atoms with Crippen molar-refractivity contribution in [3.8, 4) is 11.9 Å². The van der Waals surface area contributed by atoms with Crippen LogP contribution in [0.3, 0.4) is 0 Å². The van der Waals surface area contributed by atoms with Crippen molar-refractivity contribution in [2.24, 2.45) is 5.92 Å². The Morgan fingerprint density at radius 2 is 2.05 bits per heavy atom. The fourth-order valence-electron chi connectivity index (χ4n) is 6.44. The van der Waals surface area contributed by atoms with Crippen LogP contribution in [0.15, 0.2) is 54.6 Å². The van der Waals surface area contributed by atoms with Gasteiger partial charge in [-0.25, -0.2) is 14.2 Å². The molecule has 4 aromatic rings. The minimum atomic E-state index is -0.924. The van der Waals surface area contributed by atoms with Crippen molar-refractivity contribution in [1.29, 1.82) is 5.26 Å². The molecule has 7 rings (SSSR count). The summed E-state index contributed by atoms with van der Waals surface area (Å²) < 4.78 is 22.3. The molecule has 0 unspecified atom stereocenters. The molecule has 4 heterocycles. The normalized spacial score (nSPS) is 21.6. The third-order valence-electron chi connectivity index (χ3n) is 9.33. The Bertz CT molecular complexity index is 1740. The molecule has 9 nitrogen and oxygen atoms in total. The minimum Gasteiger partial charge on any atom is -0.478 e. The van der Waals surface area contributed by atoms with Crippen molar-refractivity contribution < 1.29 is 19.0 Å². The van der Waals surface area contributed by atoms with Gasteiger partial charge in [-0.15, -0.1) is 0 Å². The number of carboxylic acid groups (broad SMARTS) is 1. The number of likely N-dealkylation sites (tertiary alicyclic amines) is 1. The van der Waals surface area contributed by atoms with E-state index >= 15 is 0 Å². The first-order chi connectivity index (χ1) is 20.3. The van der Waals surface area contributed by atoms with Gasteiger partial charge in [0.2, 0.25) is 5.88 Å². The smallest absolute Gasteiger partial charge is 0.335 e. The molecule has 2 aromatic heterocycles. The second-order valence-corrected chi connectivity index (χ2v) is 11.9. The number of hydrogen-bond acceptors (Lipinski definition) is 7. The Kier molecular flexibility index (Phi) is 6.35. The van der Waals surface area contributed by atoms with Crippen LogP contribution >= 0.6 is 0 Å². The van der Waals surface area contributed by atoms with Gasteiger partial charge < -0.3 is 19.3 Å². The van der Waals surface area contributed by atoms with E-state index in [9.17, 15) is 14.3 Å². The zero-order valence-corrected chi connectivity index (χ0v) is 23.3. The highest BCUT2D eigenvalue weighted by molar-refractivity contribution is 5.92. The molecule has 2 saturated heterocycles. The predicted octanol–water partition coefficient (Wildman–Crippen LogP) is 4.98. The lowest BCUT2D eigenvalue weighted by Crippen LogP contribution is -2.86. The van der Waals surface area contributed by atoms with Crippen LogP contribution in [0.5, 0.6) is 5.88 Å². The summed E-state index contributed by atoms with van der Waals surface area (Å²) in [5.74, 6) is 1.46. The molecule has 2 aromatic carbocycles. The number of carboxylic acids is 1. The van der Waals surface area contributed by atoms with E-state index in [1.54, 1.807) is 30.3 Å². The summed E-state index contributed by atoms with van der Waals surface area (Å²) in [4.78, 5) is 26.0. The molecular formula is C32H31FN6O3. The van der Waals surface area contributed by atoms with Gasteiger partial charge in [-0.2, -0.15) is 10.2 Å². The van der Waals surface area contributed by atoms with E-state index in [4.69, 9.17) is 20.0 Å². The molecule has 3 fully saturated rings. The largest absolute Gasteiger partial charge is 0.478 e. The van der Waals surface area contributed by atoms with Crippen molar-refractivity contribution >= 4 is 22.8 Å². The number of benzene rings is 2. The highest BCUT2D eigenvalue weighted by Gasteiger charge is 2.61. The number of hydrogen-bond donors (Lipinski definition) is 1. The average Bonchev–Trinajstić information content (AvgIpc) is 3.31. The van der Waals surface area contributed by atoms with Gasteiger partial charge in [0.1, 0.15) is 24.1 Å². The monoisotopic (exact) mass is 566 g/mol. The maximum Gasteiger partial charge on any atom is 0.335 e. The number of nitriles is 1. The minimum absolute atomic E-state index is 0.0180. The lowest BCUT2D eigenvalue weighted by Gasteiger charge is -2.69. The van der Waals surface area contributed by atoms with Crippen LogP contribution in [0.4, 0.5) is 10.2 Å². The van der Waals surface area contributed by atoms with E-state index in [-0.39, 0.29) is 23.3 Å². The quantitative estimate of drug-likeness (QED) is 0.302. The number of aromatic nitrogens is 3. The number of pyridine rings is 1. The zero-order chi connectivity index (χ0) is 29.0. The number of fused-ring (bicyclic) bond motifs is 2. The van der Waals surface area contributed by atoms with Gasteiger partial charge in [0.25, 0.3) is 0 Å². The summed E-state index contributed by atoms with van der Waals surface area (Å²) in [5.41, 5.74) is 2.65. The summed E-state index contributed by atoms with van der Waals surface area (Å²) in [6, 6.07) is 17.4. The number of rotatable bonds is 9. The Labute approximate surface area is 242 Å². The second-order valence-electron chi connectivity index (χ2n) is 11.9. The molecule has 0 radical (unpaired) electrons. The van der Waals surface area contributed by atoms with Gasteiger partial charge in [-0.3, -0.25) is 4.90 Å². The number of carbonyl (C=O) groups is 1. The molecule has 0 spiro atoms.